The quantitative estimate of drug-likeness (QED) is 0.907. The SMILES string of the molecule is CC(C)(C)OC(=O)NC1CCN(c2ccc(Cl)nn2)C1. The van der Waals surface area contributed by atoms with Gasteiger partial charge in [0.25, 0.3) is 0 Å². The summed E-state index contributed by atoms with van der Waals surface area (Å²) in [5.74, 6) is 0.767. The number of rotatable bonds is 2. The number of amides is 1. The van der Waals surface area contributed by atoms with Crippen molar-refractivity contribution < 1.29 is 9.53 Å². The van der Waals surface area contributed by atoms with Gasteiger partial charge in [-0.15, -0.1) is 10.2 Å². The van der Waals surface area contributed by atoms with Crippen molar-refractivity contribution in [3.05, 3.63) is 17.3 Å². The van der Waals surface area contributed by atoms with Crippen molar-refractivity contribution in [2.24, 2.45) is 0 Å². The topological polar surface area (TPSA) is 67.3 Å². The minimum atomic E-state index is -0.482. The molecule has 2 heterocycles. The number of ether oxygens (including phenoxy) is 1. The Hall–Kier alpha value is -1.56. The van der Waals surface area contributed by atoms with Crippen molar-refractivity contribution in [2.75, 3.05) is 18.0 Å². The van der Waals surface area contributed by atoms with Crippen molar-refractivity contribution in [3.8, 4) is 0 Å². The van der Waals surface area contributed by atoms with Crippen molar-refractivity contribution in [1.82, 2.24) is 15.5 Å². The van der Waals surface area contributed by atoms with E-state index < -0.39 is 5.60 Å². The van der Waals surface area contributed by atoms with Gasteiger partial charge in [0, 0.05) is 13.1 Å². The third-order valence-corrected chi connectivity index (χ3v) is 3.05. The van der Waals surface area contributed by atoms with Crippen LogP contribution in [0.1, 0.15) is 27.2 Å². The summed E-state index contributed by atoms with van der Waals surface area (Å²) in [7, 11) is 0. The maximum absolute atomic E-state index is 11.7. The summed E-state index contributed by atoms with van der Waals surface area (Å²) in [4.78, 5) is 13.8. The van der Waals surface area contributed by atoms with Crippen LogP contribution in [0.2, 0.25) is 5.15 Å². The molecule has 1 aromatic rings. The molecule has 20 heavy (non-hydrogen) atoms. The molecule has 7 heteroatoms. The zero-order valence-electron chi connectivity index (χ0n) is 11.9. The monoisotopic (exact) mass is 298 g/mol. The lowest BCUT2D eigenvalue weighted by Gasteiger charge is -2.22. The summed E-state index contributed by atoms with van der Waals surface area (Å²) in [6.45, 7) is 7.04. The summed E-state index contributed by atoms with van der Waals surface area (Å²) in [6, 6.07) is 3.59. The molecule has 1 aliphatic heterocycles. The number of hydrogen-bond acceptors (Lipinski definition) is 5. The first kappa shape index (κ1) is 14.8. The third-order valence-electron chi connectivity index (χ3n) is 2.85. The molecule has 0 spiro atoms. The van der Waals surface area contributed by atoms with Gasteiger partial charge in [-0.1, -0.05) is 11.6 Å². The second-order valence-corrected chi connectivity index (χ2v) is 6.18. The predicted molar refractivity (Wildman–Crippen MR) is 77.0 cm³/mol. The smallest absolute Gasteiger partial charge is 0.407 e. The Kier molecular flexibility index (Phi) is 4.32. The molecular formula is C13H19ClN4O2. The van der Waals surface area contributed by atoms with Gasteiger partial charge in [0.05, 0.1) is 6.04 Å². The van der Waals surface area contributed by atoms with E-state index in [1.54, 1.807) is 6.07 Å². The Morgan fingerprint density at radius 2 is 2.20 bits per heavy atom. The molecule has 110 valence electrons. The van der Waals surface area contributed by atoms with Crippen LogP contribution in [0.4, 0.5) is 10.6 Å². The van der Waals surface area contributed by atoms with Crippen LogP contribution >= 0.6 is 11.6 Å². The predicted octanol–water partition coefficient (Wildman–Crippen LogP) is 2.23. The Morgan fingerprint density at radius 3 is 2.80 bits per heavy atom. The highest BCUT2D eigenvalue weighted by molar-refractivity contribution is 6.29. The fourth-order valence-electron chi connectivity index (χ4n) is 2.04. The molecule has 2 rings (SSSR count). The van der Waals surface area contributed by atoms with Crippen LogP contribution in [-0.4, -0.2) is 41.0 Å². The molecule has 1 amide bonds. The van der Waals surface area contributed by atoms with Crippen molar-refractivity contribution in [3.63, 3.8) is 0 Å². The zero-order valence-corrected chi connectivity index (χ0v) is 12.6. The number of aromatic nitrogens is 2. The van der Waals surface area contributed by atoms with Gasteiger partial charge in [0.2, 0.25) is 0 Å². The maximum atomic E-state index is 11.7. The second-order valence-electron chi connectivity index (χ2n) is 5.79. The highest BCUT2D eigenvalue weighted by Gasteiger charge is 2.26. The normalized spacial score (nSPS) is 19.0. The highest BCUT2D eigenvalue weighted by Crippen LogP contribution is 2.18. The van der Waals surface area contributed by atoms with Crippen LogP contribution in [0.25, 0.3) is 0 Å². The molecular weight excluding hydrogens is 280 g/mol. The molecule has 1 atom stereocenters. The van der Waals surface area contributed by atoms with Gasteiger partial charge >= 0.3 is 6.09 Å². The first-order chi connectivity index (χ1) is 9.33. The maximum Gasteiger partial charge on any atom is 0.407 e. The Labute approximate surface area is 123 Å². The van der Waals surface area contributed by atoms with Gasteiger partial charge in [-0.3, -0.25) is 0 Å². The number of nitrogens with one attached hydrogen (secondary N) is 1. The molecule has 6 nitrogen and oxygen atoms in total. The first-order valence-electron chi connectivity index (χ1n) is 6.57. The van der Waals surface area contributed by atoms with Gasteiger partial charge in [-0.2, -0.15) is 0 Å². The standard InChI is InChI=1S/C13H19ClN4O2/c1-13(2,3)20-12(19)15-9-6-7-18(8-9)11-5-4-10(14)16-17-11/h4-5,9H,6-8H2,1-3H3,(H,15,19). The van der Waals surface area contributed by atoms with E-state index in [1.165, 1.54) is 0 Å². The van der Waals surface area contributed by atoms with Crippen LogP contribution < -0.4 is 10.2 Å². The number of carbonyl (C=O) groups excluding carboxylic acids is 1. The lowest BCUT2D eigenvalue weighted by molar-refractivity contribution is 0.0509. The van der Waals surface area contributed by atoms with E-state index in [9.17, 15) is 4.79 Å². The van der Waals surface area contributed by atoms with Crippen LogP contribution in [0, 0.1) is 0 Å². The Morgan fingerprint density at radius 1 is 1.45 bits per heavy atom. The summed E-state index contributed by atoms with van der Waals surface area (Å²) in [5.41, 5.74) is -0.482. The molecule has 1 fully saturated rings. The van der Waals surface area contributed by atoms with Crippen LogP contribution in [-0.2, 0) is 4.74 Å². The van der Waals surface area contributed by atoms with Crippen molar-refractivity contribution in [2.45, 2.75) is 38.8 Å². The van der Waals surface area contributed by atoms with Gasteiger partial charge in [-0.25, -0.2) is 4.79 Å². The van der Waals surface area contributed by atoms with Crippen LogP contribution in [0.5, 0.6) is 0 Å². The largest absolute Gasteiger partial charge is 0.444 e. The molecule has 1 N–H and O–H groups in total. The minimum Gasteiger partial charge on any atom is -0.444 e. The average molecular weight is 299 g/mol. The molecule has 0 bridgehead atoms. The van der Waals surface area contributed by atoms with E-state index in [1.807, 2.05) is 26.8 Å². The summed E-state index contributed by atoms with van der Waals surface area (Å²) >= 11 is 5.71. The molecule has 1 unspecified atom stereocenters. The lowest BCUT2D eigenvalue weighted by Crippen LogP contribution is -2.40. The number of anilines is 1. The van der Waals surface area contributed by atoms with Gasteiger partial charge in [0.15, 0.2) is 11.0 Å². The van der Waals surface area contributed by atoms with E-state index >= 15 is 0 Å². The van der Waals surface area contributed by atoms with Crippen LogP contribution in [0.15, 0.2) is 12.1 Å². The number of carbonyl (C=O) groups is 1. The van der Waals surface area contributed by atoms with Gasteiger partial charge < -0.3 is 15.0 Å². The fourth-order valence-corrected chi connectivity index (χ4v) is 2.14. The fraction of sp³-hybridized carbons (Fsp3) is 0.615. The second kappa shape index (κ2) is 5.83. The molecule has 1 aliphatic rings. The first-order valence-corrected chi connectivity index (χ1v) is 6.95. The van der Waals surface area contributed by atoms with Crippen LogP contribution in [0.3, 0.4) is 0 Å². The number of nitrogens with zero attached hydrogens (tertiary/aromatic N) is 3. The highest BCUT2D eigenvalue weighted by atomic mass is 35.5. The average Bonchev–Trinajstić information content (AvgIpc) is 2.75. The molecule has 0 saturated carbocycles. The molecule has 1 aromatic heterocycles. The van der Waals surface area contributed by atoms with Gasteiger partial charge in [-0.05, 0) is 39.3 Å². The molecule has 0 aromatic carbocycles. The van der Waals surface area contributed by atoms with E-state index in [4.69, 9.17) is 16.3 Å². The van der Waals surface area contributed by atoms with E-state index in [-0.39, 0.29) is 12.1 Å². The van der Waals surface area contributed by atoms with E-state index in [0.29, 0.717) is 11.7 Å². The lowest BCUT2D eigenvalue weighted by atomic mass is 10.2. The third kappa shape index (κ3) is 4.23. The number of alkyl carbamates (subject to hydrolysis) is 1. The summed E-state index contributed by atoms with van der Waals surface area (Å²) < 4.78 is 5.24. The van der Waals surface area contributed by atoms with E-state index in [2.05, 4.69) is 20.4 Å². The molecule has 0 aliphatic carbocycles. The Bertz CT molecular complexity index is 472. The number of halogens is 1. The summed E-state index contributed by atoms with van der Waals surface area (Å²) in [5, 5.41) is 11.1. The van der Waals surface area contributed by atoms with Crippen molar-refractivity contribution >= 4 is 23.5 Å². The van der Waals surface area contributed by atoms with E-state index in [0.717, 1.165) is 18.8 Å². The summed E-state index contributed by atoms with van der Waals surface area (Å²) in [6.07, 6.45) is 0.468. The number of hydrogen-bond donors (Lipinski definition) is 1. The minimum absolute atomic E-state index is 0.0577. The molecule has 0 radical (unpaired) electrons. The van der Waals surface area contributed by atoms with Crippen molar-refractivity contribution in [1.29, 1.82) is 0 Å². The molecule has 1 saturated heterocycles. The van der Waals surface area contributed by atoms with Gasteiger partial charge in [0.1, 0.15) is 5.60 Å². The Balaban J connectivity index is 1.86. The zero-order chi connectivity index (χ0) is 14.8.